The van der Waals surface area contributed by atoms with Crippen molar-refractivity contribution >= 4 is 23.2 Å². The van der Waals surface area contributed by atoms with Gasteiger partial charge in [0, 0.05) is 45.5 Å². The minimum atomic E-state index is -0.0506. The lowest BCUT2D eigenvalue weighted by Gasteiger charge is -2.31. The number of amides is 2. The van der Waals surface area contributed by atoms with Crippen LogP contribution in [0.1, 0.15) is 29.6 Å². The molecule has 1 aromatic carbocycles. The molecular formula is C24H28N4O3S. The second-order valence-corrected chi connectivity index (χ2v) is 8.80. The molecule has 32 heavy (non-hydrogen) atoms. The van der Waals surface area contributed by atoms with Crippen molar-refractivity contribution in [3.63, 3.8) is 0 Å². The number of carbonyl (C=O) groups is 2. The summed E-state index contributed by atoms with van der Waals surface area (Å²) in [5.41, 5.74) is 2.21. The van der Waals surface area contributed by atoms with E-state index in [4.69, 9.17) is 9.84 Å². The van der Waals surface area contributed by atoms with Gasteiger partial charge in [0.2, 0.25) is 5.91 Å². The molecule has 1 aliphatic heterocycles. The van der Waals surface area contributed by atoms with E-state index in [0.717, 1.165) is 17.0 Å². The Bertz CT molecular complexity index is 1020. The van der Waals surface area contributed by atoms with Gasteiger partial charge < -0.3 is 15.0 Å². The summed E-state index contributed by atoms with van der Waals surface area (Å²) in [5.74, 6) is -0.00990. The van der Waals surface area contributed by atoms with E-state index < -0.39 is 0 Å². The molecule has 3 heterocycles. The Morgan fingerprint density at radius 1 is 1.16 bits per heavy atom. The smallest absolute Gasteiger partial charge is 0.257 e. The molecule has 0 bridgehead atoms. The van der Waals surface area contributed by atoms with Gasteiger partial charge in [-0.1, -0.05) is 24.3 Å². The van der Waals surface area contributed by atoms with Crippen molar-refractivity contribution in [3.8, 4) is 16.3 Å². The Hall–Kier alpha value is -2.97. The van der Waals surface area contributed by atoms with Crippen LogP contribution in [0.15, 0.2) is 54.0 Å². The highest BCUT2D eigenvalue weighted by atomic mass is 32.1. The van der Waals surface area contributed by atoms with Gasteiger partial charge in [0.05, 0.1) is 16.1 Å². The fourth-order valence-electron chi connectivity index (χ4n) is 3.93. The first-order valence-corrected chi connectivity index (χ1v) is 11.8. The number of hydrogen-bond donors (Lipinski definition) is 1. The number of benzene rings is 1. The van der Waals surface area contributed by atoms with Crippen molar-refractivity contribution in [2.45, 2.75) is 19.3 Å². The number of para-hydroxylation sites is 1. The predicted molar refractivity (Wildman–Crippen MR) is 125 cm³/mol. The number of carbonyl (C=O) groups excluding carboxylic acids is 2. The van der Waals surface area contributed by atoms with E-state index in [-0.39, 0.29) is 17.7 Å². The molecule has 0 aliphatic carbocycles. The molecule has 4 rings (SSSR count). The standard InChI is InChI=1S/C24H28N4O3S/c1-31-15-6-12-25-23(29)18-10-13-27(14-11-18)24(30)20-17-28(19-7-3-2-4-8-19)26-22(20)21-9-5-16-32-21/h2-5,7-9,16-18H,6,10-15H2,1H3,(H,25,29). The monoisotopic (exact) mass is 452 g/mol. The van der Waals surface area contributed by atoms with Crippen molar-refractivity contribution in [2.24, 2.45) is 5.92 Å². The summed E-state index contributed by atoms with van der Waals surface area (Å²) in [6, 6.07) is 13.7. The number of thiophene rings is 1. The van der Waals surface area contributed by atoms with Gasteiger partial charge in [-0.3, -0.25) is 9.59 Å². The number of hydrogen-bond acceptors (Lipinski definition) is 5. The number of likely N-dealkylation sites (tertiary alicyclic amines) is 1. The van der Waals surface area contributed by atoms with Crippen LogP contribution in [0, 0.1) is 5.92 Å². The van der Waals surface area contributed by atoms with Gasteiger partial charge in [0.15, 0.2) is 0 Å². The zero-order valence-electron chi connectivity index (χ0n) is 18.2. The number of piperidine rings is 1. The number of nitrogens with zero attached hydrogens (tertiary/aromatic N) is 3. The topological polar surface area (TPSA) is 76.5 Å². The molecule has 7 nitrogen and oxygen atoms in total. The Balaban J connectivity index is 1.45. The predicted octanol–water partition coefficient (Wildman–Crippen LogP) is 3.61. The first-order chi connectivity index (χ1) is 15.7. The molecule has 8 heteroatoms. The summed E-state index contributed by atoms with van der Waals surface area (Å²) in [6.45, 7) is 2.38. The Kier molecular flexibility index (Phi) is 7.34. The van der Waals surface area contributed by atoms with E-state index in [1.807, 2.05) is 58.9 Å². The third-order valence-corrected chi connectivity index (χ3v) is 6.57. The molecule has 0 spiro atoms. The molecule has 0 saturated carbocycles. The Morgan fingerprint density at radius 3 is 2.62 bits per heavy atom. The molecule has 1 saturated heterocycles. The second-order valence-electron chi connectivity index (χ2n) is 7.85. The van der Waals surface area contributed by atoms with Crippen molar-refractivity contribution in [2.75, 3.05) is 33.4 Å². The van der Waals surface area contributed by atoms with Gasteiger partial charge in [-0.15, -0.1) is 11.3 Å². The third kappa shape index (κ3) is 5.08. The van der Waals surface area contributed by atoms with Crippen LogP contribution in [0.25, 0.3) is 16.3 Å². The van der Waals surface area contributed by atoms with Gasteiger partial charge in [-0.2, -0.15) is 5.10 Å². The first kappa shape index (κ1) is 22.2. The van der Waals surface area contributed by atoms with E-state index in [9.17, 15) is 9.59 Å². The highest BCUT2D eigenvalue weighted by Gasteiger charge is 2.30. The number of ether oxygens (including phenoxy) is 1. The average molecular weight is 453 g/mol. The van der Waals surface area contributed by atoms with E-state index in [1.54, 1.807) is 23.1 Å². The van der Waals surface area contributed by atoms with E-state index in [0.29, 0.717) is 50.3 Å². The normalized spacial score (nSPS) is 14.5. The SMILES string of the molecule is COCCCNC(=O)C1CCN(C(=O)c2cn(-c3ccccc3)nc2-c2cccs2)CC1. The highest BCUT2D eigenvalue weighted by molar-refractivity contribution is 7.13. The molecule has 3 aromatic rings. The number of rotatable bonds is 8. The lowest BCUT2D eigenvalue weighted by atomic mass is 9.95. The van der Waals surface area contributed by atoms with Crippen molar-refractivity contribution in [1.82, 2.24) is 20.0 Å². The van der Waals surface area contributed by atoms with Gasteiger partial charge in [-0.25, -0.2) is 4.68 Å². The summed E-state index contributed by atoms with van der Waals surface area (Å²) in [7, 11) is 1.65. The molecule has 0 unspecified atom stereocenters. The van der Waals surface area contributed by atoms with Crippen molar-refractivity contribution in [1.29, 1.82) is 0 Å². The third-order valence-electron chi connectivity index (χ3n) is 5.70. The van der Waals surface area contributed by atoms with Crippen LogP contribution in [0.3, 0.4) is 0 Å². The van der Waals surface area contributed by atoms with Gasteiger partial charge in [0.25, 0.3) is 5.91 Å². The van der Waals surface area contributed by atoms with Crippen molar-refractivity contribution < 1.29 is 14.3 Å². The van der Waals surface area contributed by atoms with Crippen LogP contribution in [0.4, 0.5) is 0 Å². The maximum absolute atomic E-state index is 13.4. The number of nitrogens with one attached hydrogen (secondary N) is 1. The number of methoxy groups -OCH3 is 1. The molecule has 168 valence electrons. The summed E-state index contributed by atoms with van der Waals surface area (Å²) < 4.78 is 6.78. The largest absolute Gasteiger partial charge is 0.385 e. The second kappa shape index (κ2) is 10.6. The fourth-order valence-corrected chi connectivity index (χ4v) is 4.65. The lowest BCUT2D eigenvalue weighted by molar-refractivity contribution is -0.126. The van der Waals surface area contributed by atoms with E-state index in [2.05, 4.69) is 5.32 Å². The Morgan fingerprint density at radius 2 is 1.94 bits per heavy atom. The fraction of sp³-hybridized carbons (Fsp3) is 0.375. The van der Waals surface area contributed by atoms with Crippen LogP contribution >= 0.6 is 11.3 Å². The zero-order valence-corrected chi connectivity index (χ0v) is 19.0. The van der Waals surface area contributed by atoms with Crippen LogP contribution in [-0.2, 0) is 9.53 Å². The van der Waals surface area contributed by atoms with Crippen LogP contribution in [0.5, 0.6) is 0 Å². The Labute approximate surface area is 192 Å². The molecular weight excluding hydrogens is 424 g/mol. The zero-order chi connectivity index (χ0) is 22.3. The number of aromatic nitrogens is 2. The molecule has 0 radical (unpaired) electrons. The van der Waals surface area contributed by atoms with E-state index >= 15 is 0 Å². The summed E-state index contributed by atoms with van der Waals surface area (Å²) in [5, 5.41) is 9.70. The molecule has 1 aliphatic rings. The minimum Gasteiger partial charge on any atom is -0.385 e. The summed E-state index contributed by atoms with van der Waals surface area (Å²) >= 11 is 1.57. The summed E-state index contributed by atoms with van der Waals surface area (Å²) in [6.07, 6.45) is 3.96. The minimum absolute atomic E-state index is 0.0328. The van der Waals surface area contributed by atoms with Crippen LogP contribution in [-0.4, -0.2) is 59.8 Å². The van der Waals surface area contributed by atoms with Crippen LogP contribution < -0.4 is 5.32 Å². The molecule has 1 N–H and O–H groups in total. The molecule has 1 fully saturated rings. The quantitative estimate of drug-likeness (QED) is 0.530. The lowest BCUT2D eigenvalue weighted by Crippen LogP contribution is -2.43. The highest BCUT2D eigenvalue weighted by Crippen LogP contribution is 2.30. The van der Waals surface area contributed by atoms with Gasteiger partial charge in [0.1, 0.15) is 5.69 Å². The first-order valence-electron chi connectivity index (χ1n) is 10.9. The van der Waals surface area contributed by atoms with E-state index in [1.165, 1.54) is 0 Å². The molecule has 0 atom stereocenters. The molecule has 2 aromatic heterocycles. The van der Waals surface area contributed by atoms with Gasteiger partial charge in [-0.05, 0) is 42.8 Å². The maximum Gasteiger partial charge on any atom is 0.257 e. The average Bonchev–Trinajstić information content (AvgIpc) is 3.52. The van der Waals surface area contributed by atoms with Crippen molar-refractivity contribution in [3.05, 3.63) is 59.6 Å². The maximum atomic E-state index is 13.4. The van der Waals surface area contributed by atoms with Gasteiger partial charge >= 0.3 is 0 Å². The summed E-state index contributed by atoms with van der Waals surface area (Å²) in [4.78, 5) is 28.7. The van der Waals surface area contributed by atoms with Crippen LogP contribution in [0.2, 0.25) is 0 Å². The molecule has 2 amide bonds.